The van der Waals surface area contributed by atoms with Crippen LogP contribution < -0.4 is 9.64 Å². The highest BCUT2D eigenvalue weighted by molar-refractivity contribution is 6.36. The number of anilines is 1. The molecule has 7 nitrogen and oxygen atoms in total. The van der Waals surface area contributed by atoms with Gasteiger partial charge in [-0.3, -0.25) is 4.79 Å². The molecule has 0 N–H and O–H groups in total. The first-order valence-electron chi connectivity index (χ1n) is 14.1. The summed E-state index contributed by atoms with van der Waals surface area (Å²) in [5, 5.41) is 1.97. The topological polar surface area (TPSA) is 61.8 Å². The second kappa shape index (κ2) is 11.5. The maximum atomic E-state index is 16.6. The Bertz CT molecular complexity index is 1690. The monoisotopic (exact) mass is 591 g/mol. The SMILES string of the molecule is C=CC(=O)N1CCN(c2nc(OCC3CCCN3C)nc3c(F)c(-c4cccc5cccc(Cl)c45)c(F)cc23)C(C)C1. The van der Waals surface area contributed by atoms with Crippen LogP contribution in [0.1, 0.15) is 19.8 Å². The smallest absolute Gasteiger partial charge is 0.319 e. The summed E-state index contributed by atoms with van der Waals surface area (Å²) in [5.41, 5.74) is 0.101. The normalized spacial score (nSPS) is 19.5. The number of benzene rings is 3. The number of rotatable bonds is 6. The number of carbonyl (C=O) groups is 1. The highest BCUT2D eigenvalue weighted by atomic mass is 35.5. The average molecular weight is 592 g/mol. The Morgan fingerprint density at radius 3 is 2.67 bits per heavy atom. The van der Waals surface area contributed by atoms with E-state index in [0.717, 1.165) is 24.8 Å². The van der Waals surface area contributed by atoms with Crippen LogP contribution in [0.15, 0.2) is 55.1 Å². The molecule has 1 aromatic heterocycles. The average Bonchev–Trinajstić information content (AvgIpc) is 3.40. The Labute approximate surface area is 248 Å². The van der Waals surface area contributed by atoms with Crippen molar-refractivity contribution in [3.05, 3.63) is 71.8 Å². The Hall–Kier alpha value is -3.82. The summed E-state index contributed by atoms with van der Waals surface area (Å²) < 4.78 is 38.7. The molecule has 4 aromatic rings. The largest absolute Gasteiger partial charge is 0.462 e. The van der Waals surface area contributed by atoms with Crippen LogP contribution in [0, 0.1) is 11.6 Å². The molecule has 3 aromatic carbocycles. The van der Waals surface area contributed by atoms with Crippen molar-refractivity contribution >= 4 is 45.0 Å². The first-order valence-corrected chi connectivity index (χ1v) is 14.5. The van der Waals surface area contributed by atoms with Gasteiger partial charge in [0.05, 0.1) is 5.56 Å². The van der Waals surface area contributed by atoms with Crippen LogP contribution in [-0.2, 0) is 4.79 Å². The molecule has 2 fully saturated rings. The van der Waals surface area contributed by atoms with Crippen molar-refractivity contribution in [2.75, 3.05) is 44.7 Å². The van der Waals surface area contributed by atoms with Gasteiger partial charge in [-0.25, -0.2) is 8.78 Å². The van der Waals surface area contributed by atoms with Crippen molar-refractivity contribution < 1.29 is 18.3 Å². The zero-order valence-corrected chi connectivity index (χ0v) is 24.4. The fraction of sp³-hybridized carbons (Fsp3) is 0.344. The van der Waals surface area contributed by atoms with E-state index in [9.17, 15) is 4.79 Å². The molecule has 0 spiro atoms. The van der Waals surface area contributed by atoms with E-state index in [4.69, 9.17) is 21.3 Å². The second-order valence-corrected chi connectivity index (χ2v) is 11.4. The van der Waals surface area contributed by atoms with Gasteiger partial charge in [0, 0.05) is 47.5 Å². The zero-order valence-electron chi connectivity index (χ0n) is 23.6. The number of aromatic nitrogens is 2. The van der Waals surface area contributed by atoms with Crippen molar-refractivity contribution in [2.45, 2.75) is 31.8 Å². The molecule has 10 heteroatoms. The van der Waals surface area contributed by atoms with Gasteiger partial charge in [0.25, 0.3) is 0 Å². The molecule has 2 unspecified atom stereocenters. The minimum Gasteiger partial charge on any atom is -0.462 e. The fourth-order valence-corrected chi connectivity index (χ4v) is 6.44. The van der Waals surface area contributed by atoms with E-state index in [-0.39, 0.29) is 40.5 Å². The second-order valence-electron chi connectivity index (χ2n) is 11.0. The number of nitrogens with zero attached hydrogens (tertiary/aromatic N) is 5. The number of carbonyl (C=O) groups excluding carboxylic acids is 1. The first-order chi connectivity index (χ1) is 20.3. The van der Waals surface area contributed by atoms with Crippen LogP contribution in [0.25, 0.3) is 32.8 Å². The van der Waals surface area contributed by atoms with Gasteiger partial charge in [-0.1, -0.05) is 48.5 Å². The number of piperazine rings is 1. The lowest BCUT2D eigenvalue weighted by atomic mass is 9.96. The van der Waals surface area contributed by atoms with Gasteiger partial charge in [-0.05, 0) is 62.5 Å². The van der Waals surface area contributed by atoms with Crippen molar-refractivity contribution in [1.29, 1.82) is 0 Å². The maximum absolute atomic E-state index is 16.6. The van der Waals surface area contributed by atoms with Crippen molar-refractivity contribution in [3.8, 4) is 17.1 Å². The highest BCUT2D eigenvalue weighted by Gasteiger charge is 2.31. The first kappa shape index (κ1) is 28.3. The van der Waals surface area contributed by atoms with Crippen molar-refractivity contribution in [1.82, 2.24) is 19.8 Å². The van der Waals surface area contributed by atoms with Gasteiger partial charge in [-0.2, -0.15) is 9.97 Å². The summed E-state index contributed by atoms with van der Waals surface area (Å²) >= 11 is 6.53. The predicted molar refractivity (Wildman–Crippen MR) is 162 cm³/mol. The summed E-state index contributed by atoms with van der Waals surface area (Å²) in [6, 6.07) is 12.0. The summed E-state index contributed by atoms with van der Waals surface area (Å²) in [6.45, 7) is 8.12. The van der Waals surface area contributed by atoms with Gasteiger partial charge in [0.15, 0.2) is 5.82 Å². The molecule has 0 radical (unpaired) electrons. The summed E-state index contributed by atoms with van der Waals surface area (Å²) in [4.78, 5) is 27.3. The van der Waals surface area contributed by atoms with Gasteiger partial charge >= 0.3 is 6.01 Å². The molecule has 218 valence electrons. The lowest BCUT2D eigenvalue weighted by Gasteiger charge is -2.40. The quantitative estimate of drug-likeness (QED) is 0.253. The van der Waals surface area contributed by atoms with Gasteiger partial charge < -0.3 is 19.4 Å². The minimum atomic E-state index is -0.808. The van der Waals surface area contributed by atoms with Gasteiger partial charge in [-0.15, -0.1) is 0 Å². The van der Waals surface area contributed by atoms with Crippen molar-refractivity contribution in [3.63, 3.8) is 0 Å². The molecule has 6 rings (SSSR count). The molecule has 0 bridgehead atoms. The molecular formula is C32H32ClF2N5O2. The number of fused-ring (bicyclic) bond motifs is 2. The molecule has 0 saturated carbocycles. The number of hydrogen-bond acceptors (Lipinski definition) is 6. The summed E-state index contributed by atoms with van der Waals surface area (Å²) in [5.74, 6) is -1.34. The molecule has 3 heterocycles. The zero-order chi connectivity index (χ0) is 29.5. The van der Waals surface area contributed by atoms with Gasteiger partial charge in [0.2, 0.25) is 5.91 Å². The molecule has 0 aliphatic carbocycles. The van der Waals surface area contributed by atoms with E-state index in [2.05, 4.69) is 16.5 Å². The van der Waals surface area contributed by atoms with E-state index in [0.29, 0.717) is 48.0 Å². The number of likely N-dealkylation sites (N-methyl/N-ethyl adjacent to an activating group) is 1. The van der Waals surface area contributed by atoms with E-state index >= 15 is 8.78 Å². The predicted octanol–water partition coefficient (Wildman–Crippen LogP) is 6.08. The minimum absolute atomic E-state index is 0.0296. The van der Waals surface area contributed by atoms with Gasteiger partial charge in [0.1, 0.15) is 23.8 Å². The van der Waals surface area contributed by atoms with Crippen LogP contribution in [0.4, 0.5) is 14.6 Å². The highest BCUT2D eigenvalue weighted by Crippen LogP contribution is 2.40. The van der Waals surface area contributed by atoms with Crippen LogP contribution in [0.3, 0.4) is 0 Å². The number of hydrogen-bond donors (Lipinski definition) is 0. The molecule has 2 saturated heterocycles. The number of amides is 1. The van der Waals surface area contributed by atoms with Crippen LogP contribution >= 0.6 is 11.6 Å². The number of likely N-dealkylation sites (tertiary alicyclic amines) is 1. The maximum Gasteiger partial charge on any atom is 0.319 e. The Morgan fingerprint density at radius 2 is 1.95 bits per heavy atom. The summed E-state index contributed by atoms with van der Waals surface area (Å²) in [6.07, 6.45) is 3.35. The Kier molecular flexibility index (Phi) is 7.72. The fourth-order valence-electron chi connectivity index (χ4n) is 6.16. The number of ether oxygens (including phenoxy) is 1. The molecule has 42 heavy (non-hydrogen) atoms. The third kappa shape index (κ3) is 5.05. The molecular weight excluding hydrogens is 560 g/mol. The van der Waals surface area contributed by atoms with Crippen LogP contribution in [-0.4, -0.2) is 77.6 Å². The van der Waals surface area contributed by atoms with E-state index < -0.39 is 11.6 Å². The molecule has 2 atom stereocenters. The molecule has 1 amide bonds. The lowest BCUT2D eigenvalue weighted by Crippen LogP contribution is -2.53. The third-order valence-electron chi connectivity index (χ3n) is 8.43. The third-order valence-corrected chi connectivity index (χ3v) is 8.74. The van der Waals surface area contributed by atoms with Crippen LogP contribution in [0.2, 0.25) is 5.02 Å². The molecule has 2 aliphatic rings. The van der Waals surface area contributed by atoms with E-state index in [1.165, 1.54) is 12.1 Å². The number of halogens is 3. The Morgan fingerprint density at radius 1 is 1.17 bits per heavy atom. The Balaban J connectivity index is 1.50. The van der Waals surface area contributed by atoms with Crippen molar-refractivity contribution in [2.24, 2.45) is 0 Å². The van der Waals surface area contributed by atoms with E-state index in [1.807, 2.05) is 31.0 Å². The standard InChI is InChI=1S/C32H32ClF2N5O2/c1-4-26(41)39-14-15-40(19(2)17-39)31-23-16-25(34)28(22-11-5-8-20-9-6-12-24(33)27(20)22)29(35)30(23)36-32(37-31)42-18-21-10-7-13-38(21)3/h4-6,8-9,11-12,16,19,21H,1,7,10,13-15,17-18H2,2-3H3. The summed E-state index contributed by atoms with van der Waals surface area (Å²) in [7, 11) is 2.05. The lowest BCUT2D eigenvalue weighted by molar-refractivity contribution is -0.126. The van der Waals surface area contributed by atoms with E-state index in [1.54, 1.807) is 29.2 Å². The van der Waals surface area contributed by atoms with Crippen LogP contribution in [0.5, 0.6) is 6.01 Å². The molecule has 2 aliphatic heterocycles.